The lowest BCUT2D eigenvalue weighted by Crippen LogP contribution is -2.39. The molecule has 31 heavy (non-hydrogen) atoms. The average Bonchev–Trinajstić information content (AvgIpc) is 3.26. The first-order chi connectivity index (χ1) is 14.8. The topological polar surface area (TPSA) is 66.2 Å². The number of aryl methyl sites for hydroxylation is 3. The molecule has 0 amide bonds. The van der Waals surface area contributed by atoms with Crippen LogP contribution in [0.5, 0.6) is 0 Å². The largest absolute Gasteiger partial charge is 0.332 e. The molecule has 3 heterocycles. The first kappa shape index (κ1) is 19.0. The van der Waals surface area contributed by atoms with Crippen molar-refractivity contribution in [2.75, 3.05) is 0 Å². The summed E-state index contributed by atoms with van der Waals surface area (Å²) in [7, 11) is 1.60. The third kappa shape index (κ3) is 2.91. The van der Waals surface area contributed by atoms with Crippen molar-refractivity contribution < 1.29 is 4.39 Å². The van der Waals surface area contributed by atoms with Crippen molar-refractivity contribution >= 4 is 16.9 Å². The molecular weight excluding hydrogens is 397 g/mol. The van der Waals surface area contributed by atoms with Crippen LogP contribution in [0.4, 0.5) is 4.39 Å². The van der Waals surface area contributed by atoms with E-state index in [1.807, 2.05) is 48.9 Å². The Hall–Kier alpha value is -3.94. The van der Waals surface area contributed by atoms with E-state index in [-0.39, 0.29) is 12.4 Å². The predicted octanol–water partition coefficient (Wildman–Crippen LogP) is 2.94. The van der Waals surface area contributed by atoms with E-state index in [2.05, 4.69) is 4.98 Å². The molecule has 0 fully saturated rings. The smallest absolute Gasteiger partial charge is 0.283 e. The molecular formula is C23H20FN5O2. The molecule has 0 N–H and O–H groups in total. The van der Waals surface area contributed by atoms with Gasteiger partial charge in [0.2, 0.25) is 5.78 Å². The van der Waals surface area contributed by atoms with Gasteiger partial charge in [0.1, 0.15) is 5.82 Å². The normalized spacial score (nSPS) is 11.6. The summed E-state index contributed by atoms with van der Waals surface area (Å²) >= 11 is 0. The molecule has 5 aromatic rings. The number of halogens is 1. The van der Waals surface area contributed by atoms with Crippen molar-refractivity contribution in [2.45, 2.75) is 20.4 Å². The predicted molar refractivity (Wildman–Crippen MR) is 117 cm³/mol. The van der Waals surface area contributed by atoms with Crippen molar-refractivity contribution in [1.82, 2.24) is 23.1 Å². The number of imidazole rings is 2. The van der Waals surface area contributed by atoms with Crippen LogP contribution < -0.4 is 11.2 Å². The Morgan fingerprint density at radius 1 is 0.968 bits per heavy atom. The zero-order chi connectivity index (χ0) is 21.9. The highest BCUT2D eigenvalue weighted by atomic mass is 19.1. The van der Waals surface area contributed by atoms with Crippen molar-refractivity contribution in [3.05, 3.63) is 98.2 Å². The zero-order valence-electron chi connectivity index (χ0n) is 17.3. The van der Waals surface area contributed by atoms with Gasteiger partial charge in [0.05, 0.1) is 6.54 Å². The van der Waals surface area contributed by atoms with E-state index in [1.54, 1.807) is 23.6 Å². The number of benzene rings is 2. The molecule has 0 saturated carbocycles. The Bertz CT molecular complexity index is 1570. The maximum atomic E-state index is 13.4. The Balaban J connectivity index is 1.77. The maximum absolute atomic E-state index is 13.4. The van der Waals surface area contributed by atoms with Crippen LogP contribution in [0.15, 0.2) is 64.3 Å². The number of fused-ring (bicyclic) bond motifs is 3. The van der Waals surface area contributed by atoms with Crippen molar-refractivity contribution in [3.63, 3.8) is 0 Å². The SMILES string of the molecule is Cc1ccc(-n2c(C)cn3c4c(=O)n(Cc5ccc(F)cc5)c(=O)n(C)c4nc23)cc1. The van der Waals surface area contributed by atoms with Crippen LogP contribution in [0.25, 0.3) is 22.6 Å². The maximum Gasteiger partial charge on any atom is 0.332 e. The van der Waals surface area contributed by atoms with E-state index >= 15 is 0 Å². The minimum atomic E-state index is -0.471. The van der Waals surface area contributed by atoms with E-state index in [0.717, 1.165) is 21.5 Å². The van der Waals surface area contributed by atoms with E-state index in [9.17, 15) is 14.0 Å². The molecule has 0 aliphatic rings. The monoisotopic (exact) mass is 417 g/mol. The highest BCUT2D eigenvalue weighted by molar-refractivity contribution is 5.76. The minimum Gasteiger partial charge on any atom is -0.283 e. The molecule has 5 rings (SSSR count). The highest BCUT2D eigenvalue weighted by Crippen LogP contribution is 2.21. The molecule has 8 heteroatoms. The van der Waals surface area contributed by atoms with E-state index < -0.39 is 11.2 Å². The molecule has 0 bridgehead atoms. The van der Waals surface area contributed by atoms with Gasteiger partial charge in [0.25, 0.3) is 5.56 Å². The average molecular weight is 417 g/mol. The summed E-state index contributed by atoms with van der Waals surface area (Å²) in [5, 5.41) is 0. The summed E-state index contributed by atoms with van der Waals surface area (Å²) in [6, 6.07) is 13.8. The van der Waals surface area contributed by atoms with Crippen LogP contribution >= 0.6 is 0 Å². The lowest BCUT2D eigenvalue weighted by molar-refractivity contribution is 0.623. The van der Waals surface area contributed by atoms with Crippen LogP contribution in [-0.4, -0.2) is 23.1 Å². The second kappa shape index (κ2) is 6.80. The Morgan fingerprint density at radius 3 is 2.32 bits per heavy atom. The van der Waals surface area contributed by atoms with Gasteiger partial charge in [-0.3, -0.25) is 22.9 Å². The van der Waals surface area contributed by atoms with Gasteiger partial charge in [0, 0.05) is 24.6 Å². The van der Waals surface area contributed by atoms with Crippen LogP contribution in [0.3, 0.4) is 0 Å². The number of hydrogen-bond acceptors (Lipinski definition) is 3. The number of nitrogens with zero attached hydrogens (tertiary/aromatic N) is 5. The number of hydrogen-bond donors (Lipinski definition) is 0. The van der Waals surface area contributed by atoms with Crippen LogP contribution in [0.2, 0.25) is 0 Å². The Kier molecular flexibility index (Phi) is 4.18. The molecule has 0 aliphatic carbocycles. The van der Waals surface area contributed by atoms with Gasteiger partial charge in [-0.2, -0.15) is 4.98 Å². The van der Waals surface area contributed by atoms with Gasteiger partial charge in [-0.25, -0.2) is 9.18 Å². The third-order valence-corrected chi connectivity index (χ3v) is 5.57. The van der Waals surface area contributed by atoms with Crippen molar-refractivity contribution in [3.8, 4) is 5.69 Å². The van der Waals surface area contributed by atoms with E-state index in [4.69, 9.17) is 0 Å². The molecule has 0 unspecified atom stereocenters. The lowest BCUT2D eigenvalue weighted by Gasteiger charge is -2.08. The number of rotatable bonds is 3. The van der Waals surface area contributed by atoms with Gasteiger partial charge < -0.3 is 0 Å². The molecule has 0 spiro atoms. The fraction of sp³-hybridized carbons (Fsp3) is 0.174. The molecule has 0 atom stereocenters. The summed E-state index contributed by atoms with van der Waals surface area (Å²) in [4.78, 5) is 30.9. The molecule has 0 radical (unpaired) electrons. The summed E-state index contributed by atoms with van der Waals surface area (Å²) in [6.07, 6.45) is 1.85. The molecule has 2 aromatic carbocycles. The van der Waals surface area contributed by atoms with Gasteiger partial charge in [0.15, 0.2) is 11.2 Å². The molecule has 156 valence electrons. The van der Waals surface area contributed by atoms with E-state index in [1.165, 1.54) is 16.7 Å². The van der Waals surface area contributed by atoms with Gasteiger partial charge >= 0.3 is 5.69 Å². The first-order valence-electron chi connectivity index (χ1n) is 9.86. The van der Waals surface area contributed by atoms with Crippen molar-refractivity contribution in [2.24, 2.45) is 7.05 Å². The van der Waals surface area contributed by atoms with Gasteiger partial charge in [-0.15, -0.1) is 0 Å². The molecule has 0 aliphatic heterocycles. The van der Waals surface area contributed by atoms with E-state index in [0.29, 0.717) is 22.5 Å². The lowest BCUT2D eigenvalue weighted by atomic mass is 10.2. The summed E-state index contributed by atoms with van der Waals surface area (Å²) in [5.41, 5.74) is 3.38. The van der Waals surface area contributed by atoms with Crippen LogP contribution in [0.1, 0.15) is 16.8 Å². The third-order valence-electron chi connectivity index (χ3n) is 5.57. The summed E-state index contributed by atoms with van der Waals surface area (Å²) in [5.74, 6) is 0.188. The van der Waals surface area contributed by atoms with Gasteiger partial charge in [-0.1, -0.05) is 29.8 Å². The Labute approximate surface area is 176 Å². The fourth-order valence-corrected chi connectivity index (χ4v) is 3.94. The van der Waals surface area contributed by atoms with Gasteiger partial charge in [-0.05, 0) is 43.7 Å². The standard InChI is InChI=1S/C23H20FN5O2/c1-14-4-10-18(11-5-14)29-15(2)12-27-19-20(25-22(27)29)26(3)23(31)28(21(19)30)13-16-6-8-17(24)9-7-16/h4-12H,13H2,1-3H3. The summed E-state index contributed by atoms with van der Waals surface area (Å²) < 4.78 is 19.5. The number of aromatic nitrogens is 5. The zero-order valence-corrected chi connectivity index (χ0v) is 17.3. The first-order valence-corrected chi connectivity index (χ1v) is 9.86. The second-order valence-electron chi connectivity index (χ2n) is 7.75. The molecule has 0 saturated heterocycles. The van der Waals surface area contributed by atoms with Crippen molar-refractivity contribution in [1.29, 1.82) is 0 Å². The molecule has 3 aromatic heterocycles. The Morgan fingerprint density at radius 2 is 1.65 bits per heavy atom. The van der Waals surface area contributed by atoms with Crippen LogP contribution in [0, 0.1) is 19.7 Å². The highest BCUT2D eigenvalue weighted by Gasteiger charge is 2.20. The minimum absolute atomic E-state index is 0.0482. The fourth-order valence-electron chi connectivity index (χ4n) is 3.94. The molecule has 7 nitrogen and oxygen atoms in total. The summed E-state index contributed by atoms with van der Waals surface area (Å²) in [6.45, 7) is 4.01. The quantitative estimate of drug-likeness (QED) is 0.453. The van der Waals surface area contributed by atoms with Crippen LogP contribution in [-0.2, 0) is 13.6 Å². The second-order valence-corrected chi connectivity index (χ2v) is 7.75.